The van der Waals surface area contributed by atoms with Crippen LogP contribution in [-0.4, -0.2) is 46.7 Å². The molecule has 25 heavy (non-hydrogen) atoms. The molecule has 2 rings (SSSR count). The molecule has 1 amide bonds. The van der Waals surface area contributed by atoms with Gasteiger partial charge in [-0.2, -0.15) is 0 Å². The Bertz CT molecular complexity index is 688. The minimum Gasteiger partial charge on any atom is -0.383 e. The number of carbonyl (C=O) groups excluding carboxylic acids is 1. The monoisotopic (exact) mass is 382 g/mol. The summed E-state index contributed by atoms with van der Waals surface area (Å²) in [6.07, 6.45) is 0. The average molecular weight is 383 g/mol. The zero-order chi connectivity index (χ0) is 18.2. The summed E-state index contributed by atoms with van der Waals surface area (Å²) >= 11 is 7.35. The molecule has 2 aromatic rings. The number of carbonyl (C=O) groups is 1. The Kier molecular flexibility index (Phi) is 7.74. The van der Waals surface area contributed by atoms with E-state index in [1.165, 1.54) is 11.8 Å². The van der Waals surface area contributed by atoms with Crippen molar-refractivity contribution >= 4 is 29.3 Å². The summed E-state index contributed by atoms with van der Waals surface area (Å²) in [4.78, 5) is 11.9. The third-order valence-electron chi connectivity index (χ3n) is 3.33. The van der Waals surface area contributed by atoms with Crippen molar-refractivity contribution < 1.29 is 9.53 Å². The number of aromatic nitrogens is 3. The zero-order valence-electron chi connectivity index (χ0n) is 14.7. The summed E-state index contributed by atoms with van der Waals surface area (Å²) in [7, 11) is 1.60. The van der Waals surface area contributed by atoms with Crippen LogP contribution in [0.4, 0.5) is 0 Å². The zero-order valence-corrected chi connectivity index (χ0v) is 16.2. The highest BCUT2D eigenvalue weighted by molar-refractivity contribution is 7.99. The minimum atomic E-state index is -0.0470. The number of amides is 1. The van der Waals surface area contributed by atoms with Crippen molar-refractivity contribution in [2.24, 2.45) is 5.92 Å². The van der Waals surface area contributed by atoms with Crippen LogP contribution in [0.2, 0.25) is 5.02 Å². The van der Waals surface area contributed by atoms with Gasteiger partial charge in [0, 0.05) is 30.8 Å². The summed E-state index contributed by atoms with van der Waals surface area (Å²) in [6.45, 7) is 6.05. The van der Waals surface area contributed by atoms with E-state index in [-0.39, 0.29) is 5.91 Å². The fourth-order valence-corrected chi connectivity index (χ4v) is 3.12. The average Bonchev–Trinajstić information content (AvgIpc) is 2.96. The molecule has 0 unspecified atom stereocenters. The molecule has 0 fully saturated rings. The lowest BCUT2D eigenvalue weighted by Gasteiger charge is -2.12. The van der Waals surface area contributed by atoms with Gasteiger partial charge in [0.2, 0.25) is 5.91 Å². The highest BCUT2D eigenvalue weighted by Gasteiger charge is 2.16. The Morgan fingerprint density at radius 3 is 2.68 bits per heavy atom. The number of hydrogen-bond donors (Lipinski definition) is 1. The van der Waals surface area contributed by atoms with Crippen LogP contribution in [0.1, 0.15) is 13.8 Å². The van der Waals surface area contributed by atoms with Gasteiger partial charge in [0.1, 0.15) is 0 Å². The summed E-state index contributed by atoms with van der Waals surface area (Å²) < 4.78 is 6.98. The predicted octanol–water partition coefficient (Wildman–Crippen LogP) is 3.11. The standard InChI is InChI=1S/C17H23ClN4O2S/c1-12(2)10-22-16(13-4-6-14(18)7-5-13)20-21-17(22)25-11-15(23)19-8-9-24-3/h4-7,12H,8-11H2,1-3H3,(H,19,23). The van der Waals surface area contributed by atoms with E-state index >= 15 is 0 Å². The summed E-state index contributed by atoms with van der Waals surface area (Å²) in [5.41, 5.74) is 0.953. The van der Waals surface area contributed by atoms with Crippen LogP contribution in [0, 0.1) is 5.92 Å². The minimum absolute atomic E-state index is 0.0470. The topological polar surface area (TPSA) is 69.0 Å². The Balaban J connectivity index is 2.12. The third kappa shape index (κ3) is 6.02. The van der Waals surface area contributed by atoms with Gasteiger partial charge >= 0.3 is 0 Å². The van der Waals surface area contributed by atoms with E-state index in [9.17, 15) is 4.79 Å². The highest BCUT2D eigenvalue weighted by atomic mass is 35.5. The van der Waals surface area contributed by atoms with Crippen LogP contribution in [0.3, 0.4) is 0 Å². The molecule has 0 saturated carbocycles. The van der Waals surface area contributed by atoms with Gasteiger partial charge in [0.15, 0.2) is 11.0 Å². The summed E-state index contributed by atoms with van der Waals surface area (Å²) in [6, 6.07) is 7.52. The summed E-state index contributed by atoms with van der Waals surface area (Å²) in [5, 5.41) is 12.8. The van der Waals surface area contributed by atoms with Gasteiger partial charge in [-0.15, -0.1) is 10.2 Å². The molecule has 1 aromatic carbocycles. The van der Waals surface area contributed by atoms with Gasteiger partial charge in [0.25, 0.3) is 0 Å². The van der Waals surface area contributed by atoms with Gasteiger partial charge < -0.3 is 14.6 Å². The number of methoxy groups -OCH3 is 1. The van der Waals surface area contributed by atoms with E-state index < -0.39 is 0 Å². The molecule has 6 nitrogen and oxygen atoms in total. The van der Waals surface area contributed by atoms with E-state index in [1.807, 2.05) is 24.3 Å². The first-order valence-corrected chi connectivity index (χ1v) is 9.45. The Morgan fingerprint density at radius 2 is 2.04 bits per heavy atom. The maximum atomic E-state index is 11.9. The van der Waals surface area contributed by atoms with E-state index in [0.29, 0.717) is 29.8 Å². The van der Waals surface area contributed by atoms with Gasteiger partial charge in [-0.25, -0.2) is 0 Å². The number of ether oxygens (including phenoxy) is 1. The number of rotatable bonds is 9. The second-order valence-corrected chi connectivity index (χ2v) is 7.33. The quantitative estimate of drug-likeness (QED) is 0.533. The molecule has 0 spiro atoms. The van der Waals surface area contributed by atoms with Crippen LogP contribution in [0.5, 0.6) is 0 Å². The van der Waals surface area contributed by atoms with Crippen LogP contribution in [-0.2, 0) is 16.1 Å². The fraction of sp³-hybridized carbons (Fsp3) is 0.471. The van der Waals surface area contributed by atoms with Crippen molar-refractivity contribution in [3.63, 3.8) is 0 Å². The molecular formula is C17H23ClN4O2S. The van der Waals surface area contributed by atoms with Crippen LogP contribution < -0.4 is 5.32 Å². The number of nitrogens with zero attached hydrogens (tertiary/aromatic N) is 3. The van der Waals surface area contributed by atoms with Crippen LogP contribution in [0.25, 0.3) is 11.4 Å². The molecule has 1 heterocycles. The van der Waals surface area contributed by atoms with Gasteiger partial charge in [-0.1, -0.05) is 37.2 Å². The lowest BCUT2D eigenvalue weighted by atomic mass is 10.2. The molecule has 1 aromatic heterocycles. The smallest absolute Gasteiger partial charge is 0.230 e. The van der Waals surface area contributed by atoms with Crippen LogP contribution in [0.15, 0.2) is 29.4 Å². The highest BCUT2D eigenvalue weighted by Crippen LogP contribution is 2.26. The first-order valence-electron chi connectivity index (χ1n) is 8.08. The fourth-order valence-electron chi connectivity index (χ4n) is 2.21. The van der Waals surface area contributed by atoms with E-state index in [4.69, 9.17) is 16.3 Å². The molecule has 0 radical (unpaired) electrons. The second-order valence-electron chi connectivity index (χ2n) is 5.95. The number of halogens is 1. The molecule has 1 N–H and O–H groups in total. The first-order chi connectivity index (χ1) is 12.0. The molecular weight excluding hydrogens is 360 g/mol. The Labute approximate surface area is 157 Å². The molecule has 0 bridgehead atoms. The normalized spacial score (nSPS) is 11.1. The van der Waals surface area contributed by atoms with Crippen LogP contribution >= 0.6 is 23.4 Å². The Hall–Kier alpha value is -1.57. The lowest BCUT2D eigenvalue weighted by Crippen LogP contribution is -2.28. The number of thioether (sulfide) groups is 1. The lowest BCUT2D eigenvalue weighted by molar-refractivity contribution is -0.118. The van der Waals surface area contributed by atoms with E-state index in [0.717, 1.165) is 23.1 Å². The first kappa shape index (κ1) is 19.8. The summed E-state index contributed by atoms with van der Waals surface area (Å²) in [5.74, 6) is 1.46. The molecule has 0 atom stereocenters. The molecule has 0 aliphatic carbocycles. The molecule has 0 aliphatic heterocycles. The number of hydrogen-bond acceptors (Lipinski definition) is 5. The van der Waals surface area contributed by atoms with Crippen molar-refractivity contribution in [2.75, 3.05) is 26.0 Å². The van der Waals surface area contributed by atoms with Crippen molar-refractivity contribution in [1.82, 2.24) is 20.1 Å². The predicted molar refractivity (Wildman–Crippen MR) is 101 cm³/mol. The van der Waals surface area contributed by atoms with E-state index in [2.05, 4.69) is 33.9 Å². The van der Waals surface area contributed by atoms with E-state index in [1.54, 1.807) is 7.11 Å². The maximum absolute atomic E-state index is 11.9. The Morgan fingerprint density at radius 1 is 1.32 bits per heavy atom. The number of benzene rings is 1. The van der Waals surface area contributed by atoms with Crippen molar-refractivity contribution in [2.45, 2.75) is 25.5 Å². The molecule has 0 aliphatic rings. The van der Waals surface area contributed by atoms with Gasteiger partial charge in [0.05, 0.1) is 12.4 Å². The van der Waals surface area contributed by atoms with Crippen molar-refractivity contribution in [3.8, 4) is 11.4 Å². The molecule has 136 valence electrons. The molecule has 0 saturated heterocycles. The van der Waals surface area contributed by atoms with Gasteiger partial charge in [-0.3, -0.25) is 4.79 Å². The second kappa shape index (κ2) is 9.79. The SMILES string of the molecule is COCCNC(=O)CSc1nnc(-c2ccc(Cl)cc2)n1CC(C)C. The van der Waals surface area contributed by atoms with Crippen molar-refractivity contribution in [3.05, 3.63) is 29.3 Å². The largest absolute Gasteiger partial charge is 0.383 e. The molecule has 8 heteroatoms. The van der Waals surface area contributed by atoms with Gasteiger partial charge in [-0.05, 0) is 30.2 Å². The number of nitrogens with one attached hydrogen (secondary N) is 1. The van der Waals surface area contributed by atoms with Crippen molar-refractivity contribution in [1.29, 1.82) is 0 Å². The maximum Gasteiger partial charge on any atom is 0.230 e. The third-order valence-corrected chi connectivity index (χ3v) is 4.55.